The number of esters is 2. The highest BCUT2D eigenvalue weighted by Gasteiger charge is 2.34. The molecule has 0 aliphatic rings. The average molecular weight is 340 g/mol. The first-order valence-corrected chi connectivity index (χ1v) is 7.57. The first-order chi connectivity index (χ1) is 11.2. The lowest BCUT2D eigenvalue weighted by atomic mass is 9.98. The van der Waals surface area contributed by atoms with Crippen molar-refractivity contribution in [2.24, 2.45) is 0 Å². The molecule has 0 radical (unpaired) electrons. The number of carbonyl (C=O) groups excluding carboxylic acids is 2. The number of carbonyl (C=O) groups is 2. The Bertz CT molecular complexity index is 546. The molecule has 134 valence electrons. The number of methoxy groups -OCH3 is 2. The van der Waals surface area contributed by atoms with Crippen LogP contribution in [0.3, 0.4) is 0 Å². The Hall–Kier alpha value is -2.44. The highest BCUT2D eigenvalue weighted by atomic mass is 16.6. The van der Waals surface area contributed by atoms with Gasteiger partial charge in [-0.2, -0.15) is 0 Å². The summed E-state index contributed by atoms with van der Waals surface area (Å²) in [5.74, 6) is -2.88. The van der Waals surface area contributed by atoms with E-state index in [9.17, 15) is 14.7 Å². The molecule has 1 aromatic carbocycles. The fraction of sp³-hybridized carbons (Fsp3) is 0.529. The molecule has 0 fully saturated rings. The van der Waals surface area contributed by atoms with Crippen molar-refractivity contribution < 1.29 is 33.6 Å². The lowest BCUT2D eigenvalue weighted by Crippen LogP contribution is -2.29. The molecule has 0 amide bonds. The van der Waals surface area contributed by atoms with Crippen LogP contribution >= 0.6 is 0 Å². The van der Waals surface area contributed by atoms with Gasteiger partial charge in [-0.3, -0.25) is 9.59 Å². The number of phenolic OH excluding ortho intramolecular Hbond substituents is 1. The molecular formula is C17H24O7. The van der Waals surface area contributed by atoms with Crippen molar-refractivity contribution in [3.8, 4) is 17.2 Å². The quantitative estimate of drug-likeness (QED) is 0.602. The Kier molecular flexibility index (Phi) is 6.88. The van der Waals surface area contributed by atoms with E-state index in [4.69, 9.17) is 18.9 Å². The summed E-state index contributed by atoms with van der Waals surface area (Å²) in [6, 6.07) is 2.76. The summed E-state index contributed by atoms with van der Waals surface area (Å²) in [5, 5.41) is 9.98. The Morgan fingerprint density at radius 1 is 0.875 bits per heavy atom. The third kappa shape index (κ3) is 4.78. The van der Waals surface area contributed by atoms with Crippen molar-refractivity contribution in [1.29, 1.82) is 0 Å². The number of rotatable bonds is 7. The molecular weight excluding hydrogens is 316 g/mol. The van der Waals surface area contributed by atoms with Gasteiger partial charge in [0.1, 0.15) is 0 Å². The molecule has 0 aliphatic carbocycles. The van der Waals surface area contributed by atoms with Crippen LogP contribution in [0.15, 0.2) is 12.1 Å². The largest absolute Gasteiger partial charge is 0.502 e. The van der Waals surface area contributed by atoms with Crippen LogP contribution in [-0.2, 0) is 19.1 Å². The molecule has 0 saturated heterocycles. The molecule has 0 spiro atoms. The number of ether oxygens (including phenoxy) is 4. The molecule has 1 N–H and O–H groups in total. The Morgan fingerprint density at radius 3 is 1.54 bits per heavy atom. The standard InChI is InChI=1S/C17H24O7/c1-9(2)23-16(19)14(17(20)24-10(3)4)11-7-12(21-5)15(18)13(8-11)22-6/h7-10,14,18H,1-6H3. The van der Waals surface area contributed by atoms with Gasteiger partial charge in [0, 0.05) is 0 Å². The van der Waals surface area contributed by atoms with Crippen LogP contribution in [0.2, 0.25) is 0 Å². The van der Waals surface area contributed by atoms with Crippen molar-refractivity contribution in [1.82, 2.24) is 0 Å². The molecule has 0 unspecified atom stereocenters. The van der Waals surface area contributed by atoms with E-state index in [1.165, 1.54) is 26.4 Å². The molecule has 24 heavy (non-hydrogen) atoms. The number of hydrogen-bond donors (Lipinski definition) is 1. The third-order valence-corrected chi connectivity index (χ3v) is 3.01. The average Bonchev–Trinajstić information content (AvgIpc) is 2.47. The van der Waals surface area contributed by atoms with Crippen LogP contribution in [0.1, 0.15) is 39.2 Å². The second-order valence-electron chi connectivity index (χ2n) is 5.68. The van der Waals surface area contributed by atoms with E-state index in [-0.39, 0.29) is 22.8 Å². The predicted molar refractivity (Wildman–Crippen MR) is 86.4 cm³/mol. The molecule has 7 heteroatoms. The van der Waals surface area contributed by atoms with Crippen LogP contribution in [-0.4, -0.2) is 43.5 Å². The summed E-state index contributed by atoms with van der Waals surface area (Å²) in [5.41, 5.74) is 0.248. The monoisotopic (exact) mass is 340 g/mol. The molecule has 0 atom stereocenters. The minimum Gasteiger partial charge on any atom is -0.502 e. The Balaban J connectivity index is 3.37. The lowest BCUT2D eigenvalue weighted by Gasteiger charge is -2.20. The SMILES string of the molecule is COc1cc(C(C(=O)OC(C)C)C(=O)OC(C)C)cc(OC)c1O. The number of phenols is 1. The molecule has 7 nitrogen and oxygen atoms in total. The minimum atomic E-state index is -1.31. The molecule has 0 bridgehead atoms. The van der Waals surface area contributed by atoms with Gasteiger partial charge in [0.15, 0.2) is 17.4 Å². The maximum Gasteiger partial charge on any atom is 0.325 e. The van der Waals surface area contributed by atoms with Gasteiger partial charge in [0.2, 0.25) is 5.75 Å². The first kappa shape index (κ1) is 19.6. The fourth-order valence-electron chi connectivity index (χ4n) is 2.05. The van der Waals surface area contributed by atoms with E-state index in [1.807, 2.05) is 0 Å². The van der Waals surface area contributed by atoms with Crippen LogP contribution < -0.4 is 9.47 Å². The smallest absolute Gasteiger partial charge is 0.325 e. The summed E-state index contributed by atoms with van der Waals surface area (Å²) >= 11 is 0. The van der Waals surface area contributed by atoms with Crippen LogP contribution in [0.25, 0.3) is 0 Å². The number of aromatic hydroxyl groups is 1. The van der Waals surface area contributed by atoms with Crippen molar-refractivity contribution in [3.63, 3.8) is 0 Å². The van der Waals surface area contributed by atoms with Crippen LogP contribution in [0, 0.1) is 0 Å². The van der Waals surface area contributed by atoms with E-state index >= 15 is 0 Å². The lowest BCUT2D eigenvalue weighted by molar-refractivity contribution is -0.161. The van der Waals surface area contributed by atoms with Gasteiger partial charge >= 0.3 is 11.9 Å². The fourth-order valence-corrected chi connectivity index (χ4v) is 2.05. The minimum absolute atomic E-state index is 0.0732. The zero-order valence-corrected chi connectivity index (χ0v) is 14.8. The summed E-state index contributed by atoms with van der Waals surface area (Å²) in [6.07, 6.45) is -0.791. The van der Waals surface area contributed by atoms with Gasteiger partial charge in [-0.15, -0.1) is 0 Å². The number of benzene rings is 1. The zero-order valence-electron chi connectivity index (χ0n) is 14.8. The molecule has 0 saturated carbocycles. The summed E-state index contributed by atoms with van der Waals surface area (Å²) in [7, 11) is 2.71. The van der Waals surface area contributed by atoms with Crippen molar-refractivity contribution in [2.75, 3.05) is 14.2 Å². The topological polar surface area (TPSA) is 91.3 Å². The van der Waals surface area contributed by atoms with Gasteiger partial charge < -0.3 is 24.1 Å². The van der Waals surface area contributed by atoms with Gasteiger partial charge in [-0.05, 0) is 45.4 Å². The van der Waals surface area contributed by atoms with Crippen LogP contribution in [0.4, 0.5) is 0 Å². The normalized spacial score (nSPS) is 10.9. The van der Waals surface area contributed by atoms with E-state index in [0.717, 1.165) is 0 Å². The molecule has 0 aliphatic heterocycles. The van der Waals surface area contributed by atoms with E-state index < -0.39 is 30.1 Å². The van der Waals surface area contributed by atoms with Gasteiger partial charge in [-0.1, -0.05) is 0 Å². The Labute approximate surface area is 141 Å². The van der Waals surface area contributed by atoms with Crippen molar-refractivity contribution in [2.45, 2.75) is 45.8 Å². The van der Waals surface area contributed by atoms with Gasteiger partial charge in [0.25, 0.3) is 0 Å². The first-order valence-electron chi connectivity index (χ1n) is 7.57. The van der Waals surface area contributed by atoms with Gasteiger partial charge in [0.05, 0.1) is 26.4 Å². The highest BCUT2D eigenvalue weighted by Crippen LogP contribution is 2.39. The molecule has 1 aromatic rings. The summed E-state index contributed by atoms with van der Waals surface area (Å²) < 4.78 is 20.5. The van der Waals surface area contributed by atoms with Crippen LogP contribution in [0.5, 0.6) is 17.2 Å². The maximum absolute atomic E-state index is 12.4. The summed E-state index contributed by atoms with van der Waals surface area (Å²) in [4.78, 5) is 24.8. The molecule has 0 aromatic heterocycles. The van der Waals surface area contributed by atoms with Gasteiger partial charge in [-0.25, -0.2) is 0 Å². The third-order valence-electron chi connectivity index (χ3n) is 3.01. The van der Waals surface area contributed by atoms with Crippen molar-refractivity contribution >= 4 is 11.9 Å². The number of hydrogen-bond acceptors (Lipinski definition) is 7. The predicted octanol–water partition coefficient (Wildman–Crippen LogP) is 2.40. The zero-order chi connectivity index (χ0) is 18.4. The highest BCUT2D eigenvalue weighted by molar-refractivity contribution is 6.01. The van der Waals surface area contributed by atoms with Crippen molar-refractivity contribution in [3.05, 3.63) is 17.7 Å². The van der Waals surface area contributed by atoms with E-state index in [2.05, 4.69) is 0 Å². The second kappa shape index (κ2) is 8.42. The molecule has 0 heterocycles. The van der Waals surface area contributed by atoms with E-state index in [0.29, 0.717) is 0 Å². The molecule has 1 rings (SSSR count). The maximum atomic E-state index is 12.4. The summed E-state index contributed by atoms with van der Waals surface area (Å²) in [6.45, 7) is 6.73. The Morgan fingerprint density at radius 2 is 1.25 bits per heavy atom. The second-order valence-corrected chi connectivity index (χ2v) is 5.68. The van der Waals surface area contributed by atoms with E-state index in [1.54, 1.807) is 27.7 Å².